The van der Waals surface area contributed by atoms with Gasteiger partial charge in [-0.1, -0.05) is 42.1 Å². The number of hydrogen-bond donors (Lipinski definition) is 1. The topological polar surface area (TPSA) is 81.9 Å². The van der Waals surface area contributed by atoms with E-state index in [0.29, 0.717) is 24.3 Å². The zero-order valence-corrected chi connectivity index (χ0v) is 15.0. The third-order valence-corrected chi connectivity index (χ3v) is 4.93. The number of fused-ring (bicyclic) bond motifs is 1. The first kappa shape index (κ1) is 17.5. The van der Waals surface area contributed by atoms with Crippen molar-refractivity contribution in [3.8, 4) is 0 Å². The lowest BCUT2D eigenvalue weighted by atomic mass is 10.2. The largest absolute Gasteiger partial charge is 0.383 e. The highest BCUT2D eigenvalue weighted by Gasteiger charge is 2.17. The Morgan fingerprint density at radius 2 is 2.00 bits per heavy atom. The van der Waals surface area contributed by atoms with Gasteiger partial charge < -0.3 is 9.30 Å². The Morgan fingerprint density at radius 1 is 1.24 bits per heavy atom. The lowest BCUT2D eigenvalue weighted by Crippen LogP contribution is -2.29. The molecule has 2 heterocycles. The molecule has 0 aliphatic heterocycles. The summed E-state index contributed by atoms with van der Waals surface area (Å²) in [5.74, 6) is 0.826. The summed E-state index contributed by atoms with van der Waals surface area (Å²) in [5.41, 5.74) is 1.17. The lowest BCUT2D eigenvalue weighted by molar-refractivity contribution is 0.186. The maximum Gasteiger partial charge on any atom is 0.329 e. The Balaban J connectivity index is 1.93. The van der Waals surface area contributed by atoms with Crippen molar-refractivity contribution in [2.45, 2.75) is 18.1 Å². The molecule has 7 nitrogen and oxygen atoms in total. The smallest absolute Gasteiger partial charge is 0.329 e. The van der Waals surface area contributed by atoms with Crippen LogP contribution in [0.3, 0.4) is 0 Å². The number of nitrogens with zero attached hydrogens (tertiary/aromatic N) is 3. The Bertz CT molecular complexity index is 975. The van der Waals surface area contributed by atoms with Crippen LogP contribution in [-0.2, 0) is 24.8 Å². The van der Waals surface area contributed by atoms with Gasteiger partial charge in [0.25, 0.3) is 5.56 Å². The molecule has 0 saturated carbocycles. The van der Waals surface area contributed by atoms with Crippen LogP contribution in [0.1, 0.15) is 5.56 Å². The number of methoxy groups -OCH3 is 1. The van der Waals surface area contributed by atoms with Gasteiger partial charge in [-0.15, -0.1) is 0 Å². The van der Waals surface area contributed by atoms with Gasteiger partial charge in [-0.2, -0.15) is 0 Å². The van der Waals surface area contributed by atoms with Crippen molar-refractivity contribution < 1.29 is 4.74 Å². The van der Waals surface area contributed by atoms with Crippen molar-refractivity contribution in [2.24, 2.45) is 7.05 Å². The van der Waals surface area contributed by atoms with Crippen molar-refractivity contribution in [1.29, 1.82) is 0 Å². The number of thioether (sulfide) groups is 1. The minimum absolute atomic E-state index is 0.395. The zero-order chi connectivity index (χ0) is 17.8. The van der Waals surface area contributed by atoms with Crippen LogP contribution in [-0.4, -0.2) is 38.6 Å². The number of rotatable bonds is 7. The number of imidazole rings is 1. The van der Waals surface area contributed by atoms with E-state index in [1.54, 1.807) is 25.9 Å². The lowest BCUT2D eigenvalue weighted by Gasteiger charge is -2.07. The molecule has 0 amide bonds. The van der Waals surface area contributed by atoms with Crippen LogP contribution < -0.4 is 11.2 Å². The summed E-state index contributed by atoms with van der Waals surface area (Å²) in [6.07, 6.45) is 0.897. The molecule has 0 atom stereocenters. The molecule has 0 saturated heterocycles. The molecule has 0 radical (unpaired) electrons. The van der Waals surface area contributed by atoms with E-state index < -0.39 is 11.2 Å². The number of H-pyrrole nitrogens is 1. The number of aromatic nitrogens is 4. The molecule has 0 spiro atoms. The van der Waals surface area contributed by atoms with E-state index in [0.717, 1.165) is 17.3 Å². The number of ether oxygens (including phenoxy) is 1. The van der Waals surface area contributed by atoms with Crippen LogP contribution in [0, 0.1) is 0 Å². The van der Waals surface area contributed by atoms with Gasteiger partial charge in [0.1, 0.15) is 0 Å². The molecule has 2 aromatic heterocycles. The maximum absolute atomic E-state index is 12.3. The fourth-order valence-electron chi connectivity index (χ4n) is 2.62. The minimum Gasteiger partial charge on any atom is -0.383 e. The summed E-state index contributed by atoms with van der Waals surface area (Å²) in [6.45, 7) is 0.960. The molecule has 8 heteroatoms. The monoisotopic (exact) mass is 360 g/mol. The zero-order valence-electron chi connectivity index (χ0n) is 14.2. The summed E-state index contributed by atoms with van der Waals surface area (Å²) >= 11 is 1.57. The van der Waals surface area contributed by atoms with Crippen LogP contribution in [0.2, 0.25) is 0 Å². The van der Waals surface area contributed by atoms with E-state index in [1.807, 2.05) is 22.8 Å². The molecule has 1 aromatic carbocycles. The fourth-order valence-corrected chi connectivity index (χ4v) is 3.63. The van der Waals surface area contributed by atoms with Crippen LogP contribution in [0.4, 0.5) is 0 Å². The average Bonchev–Trinajstić information content (AvgIpc) is 2.98. The second-order valence-electron chi connectivity index (χ2n) is 5.61. The third-order valence-electron chi connectivity index (χ3n) is 3.96. The number of nitrogens with one attached hydrogen (secondary N) is 1. The van der Waals surface area contributed by atoms with Crippen LogP contribution >= 0.6 is 11.8 Å². The first-order chi connectivity index (χ1) is 12.1. The Hall–Kier alpha value is -2.32. The van der Waals surface area contributed by atoms with E-state index >= 15 is 0 Å². The van der Waals surface area contributed by atoms with Crippen LogP contribution in [0.5, 0.6) is 0 Å². The summed E-state index contributed by atoms with van der Waals surface area (Å²) in [7, 11) is 3.22. The van der Waals surface area contributed by atoms with Gasteiger partial charge >= 0.3 is 5.69 Å². The van der Waals surface area contributed by atoms with E-state index in [2.05, 4.69) is 22.1 Å². The highest BCUT2D eigenvalue weighted by atomic mass is 32.2. The molecule has 3 rings (SSSR count). The fraction of sp³-hybridized carbons (Fsp3) is 0.353. The van der Waals surface area contributed by atoms with Crippen molar-refractivity contribution in [1.82, 2.24) is 19.1 Å². The van der Waals surface area contributed by atoms with E-state index in [-0.39, 0.29) is 0 Å². The van der Waals surface area contributed by atoms with Crippen molar-refractivity contribution in [3.05, 3.63) is 56.7 Å². The van der Waals surface area contributed by atoms with Gasteiger partial charge in [-0.3, -0.25) is 14.3 Å². The second kappa shape index (κ2) is 7.71. The Labute approximate surface area is 148 Å². The molecule has 0 fully saturated rings. The molecule has 25 heavy (non-hydrogen) atoms. The minimum atomic E-state index is -0.463. The molecule has 1 N–H and O–H groups in total. The SMILES string of the molecule is COCCn1c(SCCc2ccccc2)nc2c1c(=O)[nH]c(=O)n2C. The first-order valence-corrected chi connectivity index (χ1v) is 8.95. The summed E-state index contributed by atoms with van der Waals surface area (Å²) in [5, 5.41) is 0.717. The maximum atomic E-state index is 12.3. The normalized spacial score (nSPS) is 11.3. The highest BCUT2D eigenvalue weighted by molar-refractivity contribution is 7.99. The van der Waals surface area contributed by atoms with Crippen LogP contribution in [0.15, 0.2) is 45.1 Å². The molecule has 0 aliphatic rings. The molecule has 132 valence electrons. The van der Waals surface area contributed by atoms with Gasteiger partial charge in [0, 0.05) is 26.5 Å². The summed E-state index contributed by atoms with van der Waals surface area (Å²) in [4.78, 5) is 30.9. The van der Waals surface area contributed by atoms with E-state index in [1.165, 1.54) is 10.1 Å². The van der Waals surface area contributed by atoms with Gasteiger partial charge in [0.2, 0.25) is 0 Å². The number of hydrogen-bond acceptors (Lipinski definition) is 5. The number of aromatic amines is 1. The second-order valence-corrected chi connectivity index (χ2v) is 6.68. The standard InChI is InChI=1S/C17H20N4O3S/c1-20-14-13(15(22)19-16(20)23)21(9-10-24-2)17(18-14)25-11-8-12-6-4-3-5-7-12/h3-7H,8-11H2,1-2H3,(H,19,22,23). The van der Waals surface area contributed by atoms with Crippen LogP contribution in [0.25, 0.3) is 11.2 Å². The van der Waals surface area contributed by atoms with Crippen molar-refractivity contribution in [3.63, 3.8) is 0 Å². The van der Waals surface area contributed by atoms with Gasteiger partial charge in [0.15, 0.2) is 16.3 Å². The van der Waals surface area contributed by atoms with E-state index in [9.17, 15) is 9.59 Å². The highest BCUT2D eigenvalue weighted by Crippen LogP contribution is 2.22. The number of benzene rings is 1. The van der Waals surface area contributed by atoms with Crippen molar-refractivity contribution in [2.75, 3.05) is 19.5 Å². The predicted molar refractivity (Wildman–Crippen MR) is 98.3 cm³/mol. The molecule has 0 bridgehead atoms. The molecule has 0 unspecified atom stereocenters. The Kier molecular flexibility index (Phi) is 5.40. The third kappa shape index (κ3) is 3.69. The molecular formula is C17H20N4O3S. The van der Waals surface area contributed by atoms with Gasteiger partial charge in [0.05, 0.1) is 6.61 Å². The summed E-state index contributed by atoms with van der Waals surface area (Å²) in [6, 6.07) is 10.2. The first-order valence-electron chi connectivity index (χ1n) is 7.97. The molecular weight excluding hydrogens is 340 g/mol. The average molecular weight is 360 g/mol. The summed E-state index contributed by atoms with van der Waals surface area (Å²) < 4.78 is 8.34. The Morgan fingerprint density at radius 3 is 2.72 bits per heavy atom. The van der Waals surface area contributed by atoms with Gasteiger partial charge in [-0.25, -0.2) is 9.78 Å². The van der Waals surface area contributed by atoms with E-state index in [4.69, 9.17) is 4.74 Å². The predicted octanol–water partition coefficient (Wildman–Crippen LogP) is 1.40. The van der Waals surface area contributed by atoms with Crippen molar-refractivity contribution >= 4 is 22.9 Å². The molecule has 3 aromatic rings. The number of aryl methyl sites for hydroxylation is 2. The quantitative estimate of drug-likeness (QED) is 0.644. The molecule has 0 aliphatic carbocycles. The van der Waals surface area contributed by atoms with Gasteiger partial charge in [-0.05, 0) is 12.0 Å².